The summed E-state index contributed by atoms with van der Waals surface area (Å²) >= 11 is 1.56. The summed E-state index contributed by atoms with van der Waals surface area (Å²) in [6.07, 6.45) is 3.60. The Hall–Kier alpha value is -2.36. The molecule has 1 heterocycles. The highest BCUT2D eigenvalue weighted by atomic mass is 32.2. The third-order valence-corrected chi connectivity index (χ3v) is 8.60. The van der Waals surface area contributed by atoms with Crippen LogP contribution in [-0.4, -0.2) is 49.9 Å². The summed E-state index contributed by atoms with van der Waals surface area (Å²) in [4.78, 5) is 26.8. The van der Waals surface area contributed by atoms with E-state index in [9.17, 15) is 18.0 Å². The average molecular weight is 490 g/mol. The van der Waals surface area contributed by atoms with Gasteiger partial charge in [0.15, 0.2) is 0 Å². The zero-order chi connectivity index (χ0) is 24.0. The Morgan fingerprint density at radius 1 is 1.09 bits per heavy atom. The van der Waals surface area contributed by atoms with E-state index >= 15 is 0 Å². The molecule has 9 heteroatoms. The molecule has 7 nitrogen and oxygen atoms in total. The summed E-state index contributed by atoms with van der Waals surface area (Å²) in [5.74, 6) is -0.741. The highest BCUT2D eigenvalue weighted by Crippen LogP contribution is 2.27. The van der Waals surface area contributed by atoms with Crippen molar-refractivity contribution in [2.24, 2.45) is 5.92 Å². The highest BCUT2D eigenvalue weighted by Gasteiger charge is 2.32. The van der Waals surface area contributed by atoms with E-state index in [4.69, 9.17) is 0 Å². The largest absolute Gasteiger partial charge is 0.350 e. The van der Waals surface area contributed by atoms with Gasteiger partial charge in [-0.05, 0) is 68.8 Å². The van der Waals surface area contributed by atoms with Gasteiger partial charge in [-0.15, -0.1) is 11.8 Å². The first kappa shape index (κ1) is 25.3. The molecule has 1 saturated heterocycles. The molecular weight excluding hydrogens is 458 g/mol. The Morgan fingerprint density at radius 2 is 1.73 bits per heavy atom. The minimum Gasteiger partial charge on any atom is -0.350 e. The van der Waals surface area contributed by atoms with Crippen LogP contribution < -0.4 is 10.6 Å². The number of thioether (sulfide) groups is 1. The number of amides is 2. The number of nitrogens with one attached hydrogen (secondary N) is 2. The lowest BCUT2D eigenvalue weighted by atomic mass is 9.97. The molecule has 0 aliphatic carbocycles. The summed E-state index contributed by atoms with van der Waals surface area (Å²) in [6, 6.07) is 13.8. The normalized spacial score (nSPS) is 16.2. The Kier molecular flexibility index (Phi) is 8.56. The second-order valence-electron chi connectivity index (χ2n) is 8.17. The van der Waals surface area contributed by atoms with Crippen LogP contribution >= 0.6 is 11.8 Å². The second kappa shape index (κ2) is 11.2. The number of benzene rings is 2. The molecule has 0 spiro atoms. The first-order chi connectivity index (χ1) is 15.8. The van der Waals surface area contributed by atoms with Crippen LogP contribution in [0.4, 0.5) is 5.69 Å². The van der Waals surface area contributed by atoms with Crippen LogP contribution in [0.3, 0.4) is 0 Å². The molecule has 3 rings (SSSR count). The summed E-state index contributed by atoms with van der Waals surface area (Å²) < 4.78 is 27.4. The number of nitrogens with zero attached hydrogens (tertiary/aromatic N) is 1. The van der Waals surface area contributed by atoms with E-state index in [2.05, 4.69) is 10.6 Å². The summed E-state index contributed by atoms with van der Waals surface area (Å²) in [7, 11) is -3.59. The molecule has 0 radical (unpaired) electrons. The molecular formula is C24H31N3O4S2. The van der Waals surface area contributed by atoms with E-state index in [1.54, 1.807) is 60.3 Å². The smallest absolute Gasteiger partial charge is 0.253 e. The van der Waals surface area contributed by atoms with Crippen LogP contribution in [0.25, 0.3) is 0 Å². The van der Waals surface area contributed by atoms with E-state index in [0.29, 0.717) is 24.1 Å². The number of carbonyl (C=O) groups excluding carboxylic acids is 2. The van der Waals surface area contributed by atoms with E-state index in [0.717, 1.165) is 11.3 Å². The molecule has 2 aromatic rings. The van der Waals surface area contributed by atoms with Crippen molar-refractivity contribution in [3.05, 3.63) is 54.1 Å². The SMILES string of the molecule is CC[C@@H](C)NC(=O)c1ccccc1NC(=O)C1CCN(S(=O)(=O)c2ccc(SC)cc2)CC1. The number of para-hydroxylation sites is 1. The van der Waals surface area contributed by atoms with Crippen molar-refractivity contribution >= 4 is 39.3 Å². The van der Waals surface area contributed by atoms with Crippen molar-refractivity contribution in [1.82, 2.24) is 9.62 Å². The maximum atomic E-state index is 13.0. The van der Waals surface area contributed by atoms with E-state index in [1.807, 2.05) is 20.1 Å². The molecule has 2 aromatic carbocycles. The number of carbonyl (C=O) groups is 2. The second-order valence-corrected chi connectivity index (χ2v) is 11.0. The minimum absolute atomic E-state index is 0.0319. The molecule has 0 aromatic heterocycles. The summed E-state index contributed by atoms with van der Waals surface area (Å²) in [5, 5.41) is 5.80. The number of anilines is 1. The van der Waals surface area contributed by atoms with Gasteiger partial charge in [0.25, 0.3) is 5.91 Å². The molecule has 178 valence electrons. The fraction of sp³-hybridized carbons (Fsp3) is 0.417. The topological polar surface area (TPSA) is 95.6 Å². The van der Waals surface area contributed by atoms with E-state index < -0.39 is 10.0 Å². The molecule has 0 bridgehead atoms. The van der Waals surface area contributed by atoms with Gasteiger partial charge < -0.3 is 10.6 Å². The van der Waals surface area contributed by atoms with Gasteiger partial charge in [-0.2, -0.15) is 4.31 Å². The van der Waals surface area contributed by atoms with Crippen LogP contribution in [0, 0.1) is 5.92 Å². The van der Waals surface area contributed by atoms with Crippen LogP contribution in [0.5, 0.6) is 0 Å². The predicted molar refractivity (Wildman–Crippen MR) is 132 cm³/mol. The number of sulfonamides is 1. The van der Waals surface area contributed by atoms with Crippen molar-refractivity contribution in [2.45, 2.75) is 48.9 Å². The van der Waals surface area contributed by atoms with Crippen LogP contribution in [0.2, 0.25) is 0 Å². The first-order valence-corrected chi connectivity index (χ1v) is 13.8. The van der Waals surface area contributed by atoms with Crippen molar-refractivity contribution in [3.8, 4) is 0 Å². The third-order valence-electron chi connectivity index (χ3n) is 5.94. The van der Waals surface area contributed by atoms with Crippen LogP contribution in [-0.2, 0) is 14.8 Å². The standard InChI is InChI=1S/C24H31N3O4S2/c1-4-17(2)25-24(29)21-7-5-6-8-22(21)26-23(28)18-13-15-27(16-14-18)33(30,31)20-11-9-19(32-3)10-12-20/h5-12,17-18H,4,13-16H2,1-3H3,(H,25,29)(H,26,28)/t17-/m1/s1. The van der Waals surface area contributed by atoms with Crippen molar-refractivity contribution in [1.29, 1.82) is 0 Å². The zero-order valence-corrected chi connectivity index (χ0v) is 20.8. The minimum atomic E-state index is -3.59. The number of hydrogen-bond acceptors (Lipinski definition) is 5. The maximum absolute atomic E-state index is 13.0. The van der Waals surface area contributed by atoms with Gasteiger partial charge in [0.05, 0.1) is 16.1 Å². The Balaban J connectivity index is 1.63. The zero-order valence-electron chi connectivity index (χ0n) is 19.2. The van der Waals surface area contributed by atoms with Crippen LogP contribution in [0.1, 0.15) is 43.5 Å². The van der Waals surface area contributed by atoms with Crippen molar-refractivity contribution in [2.75, 3.05) is 24.7 Å². The molecule has 2 amide bonds. The van der Waals surface area contributed by atoms with E-state index in [1.165, 1.54) is 4.31 Å². The monoisotopic (exact) mass is 489 g/mol. The predicted octanol–water partition coefficient (Wildman–Crippen LogP) is 3.98. The molecule has 0 unspecified atom stereocenters. The quantitative estimate of drug-likeness (QED) is 0.547. The molecule has 1 atom stereocenters. The molecule has 33 heavy (non-hydrogen) atoms. The lowest BCUT2D eigenvalue weighted by Gasteiger charge is -2.30. The Bertz CT molecular complexity index is 1080. The van der Waals surface area contributed by atoms with Crippen molar-refractivity contribution in [3.63, 3.8) is 0 Å². The number of rotatable bonds is 8. The number of piperidine rings is 1. The van der Waals surface area contributed by atoms with Crippen molar-refractivity contribution < 1.29 is 18.0 Å². The van der Waals surface area contributed by atoms with Gasteiger partial charge in [-0.25, -0.2) is 8.42 Å². The number of hydrogen-bond donors (Lipinski definition) is 2. The molecule has 0 saturated carbocycles. The molecule has 2 N–H and O–H groups in total. The fourth-order valence-electron chi connectivity index (χ4n) is 3.68. The maximum Gasteiger partial charge on any atom is 0.253 e. The van der Waals surface area contributed by atoms with Gasteiger partial charge >= 0.3 is 0 Å². The van der Waals surface area contributed by atoms with Gasteiger partial charge in [0.2, 0.25) is 15.9 Å². The first-order valence-electron chi connectivity index (χ1n) is 11.1. The van der Waals surface area contributed by atoms with E-state index in [-0.39, 0.29) is 41.8 Å². The third kappa shape index (κ3) is 6.16. The lowest BCUT2D eigenvalue weighted by Crippen LogP contribution is -2.41. The fourth-order valence-corrected chi connectivity index (χ4v) is 5.56. The average Bonchev–Trinajstić information content (AvgIpc) is 2.84. The molecule has 1 aliphatic rings. The van der Waals surface area contributed by atoms with Gasteiger partial charge in [-0.3, -0.25) is 9.59 Å². The molecule has 1 aliphatic heterocycles. The van der Waals surface area contributed by atoms with Crippen LogP contribution in [0.15, 0.2) is 58.3 Å². The Morgan fingerprint density at radius 3 is 2.33 bits per heavy atom. The summed E-state index contributed by atoms with van der Waals surface area (Å²) in [6.45, 7) is 4.48. The highest BCUT2D eigenvalue weighted by molar-refractivity contribution is 7.98. The lowest BCUT2D eigenvalue weighted by molar-refractivity contribution is -0.120. The van der Waals surface area contributed by atoms with Gasteiger partial charge in [0, 0.05) is 29.9 Å². The van der Waals surface area contributed by atoms with Gasteiger partial charge in [-0.1, -0.05) is 19.1 Å². The summed E-state index contributed by atoms with van der Waals surface area (Å²) in [5.41, 5.74) is 0.882. The molecule has 1 fully saturated rings. The Labute approximate surface area is 200 Å². The van der Waals surface area contributed by atoms with Gasteiger partial charge in [0.1, 0.15) is 0 Å².